The number of anilines is 1. The number of benzene rings is 1. The van der Waals surface area contributed by atoms with Crippen molar-refractivity contribution in [2.45, 2.75) is 37.8 Å². The molecule has 0 bridgehead atoms. The molecule has 3 heterocycles. The molecule has 7 nitrogen and oxygen atoms in total. The number of hydrogen-bond donors (Lipinski definition) is 0. The molecule has 1 aliphatic heterocycles. The number of hydrogen-bond acceptors (Lipinski definition) is 5. The van der Waals surface area contributed by atoms with Crippen molar-refractivity contribution in [1.82, 2.24) is 4.31 Å². The van der Waals surface area contributed by atoms with Crippen molar-refractivity contribution in [1.29, 1.82) is 0 Å². The normalized spacial score (nSPS) is 14.2. The van der Waals surface area contributed by atoms with Crippen LogP contribution < -0.4 is 4.90 Å². The van der Waals surface area contributed by atoms with E-state index in [1.165, 1.54) is 23.8 Å². The number of fused-ring (bicyclic) bond motifs is 1. The third-order valence-electron chi connectivity index (χ3n) is 5.01. The number of rotatable bonds is 6. The summed E-state index contributed by atoms with van der Waals surface area (Å²) >= 11 is 0. The van der Waals surface area contributed by atoms with Crippen molar-refractivity contribution in [2.24, 2.45) is 0 Å². The third kappa shape index (κ3) is 3.99. The third-order valence-corrected chi connectivity index (χ3v) is 6.80. The minimum absolute atomic E-state index is 0.0428. The highest BCUT2D eigenvalue weighted by molar-refractivity contribution is 7.89. The first-order chi connectivity index (χ1) is 13.9. The number of carbonyl (C=O) groups excluding carboxylic acids is 1. The van der Waals surface area contributed by atoms with Gasteiger partial charge in [0.1, 0.15) is 11.5 Å². The number of carbonyl (C=O) groups is 1. The molecule has 0 saturated heterocycles. The highest BCUT2D eigenvalue weighted by atomic mass is 32.2. The Hall–Kier alpha value is -2.84. The standard InChI is InChI=1S/C21H22N2O5S/c1-16(24)23-10-2-5-17-13-20(8-9-21(17)23)29(25,26)22(14-18-6-3-11-27-18)15-19-7-4-12-28-19/h3-4,6-9,11-13H,2,5,10,14-15H2,1H3. The van der Waals surface area contributed by atoms with E-state index in [1.807, 2.05) is 0 Å². The summed E-state index contributed by atoms with van der Waals surface area (Å²) in [6, 6.07) is 11.9. The average molecular weight is 414 g/mol. The molecular weight excluding hydrogens is 392 g/mol. The highest BCUT2D eigenvalue weighted by Gasteiger charge is 2.29. The van der Waals surface area contributed by atoms with Gasteiger partial charge in [0.2, 0.25) is 15.9 Å². The van der Waals surface area contributed by atoms with Gasteiger partial charge >= 0.3 is 0 Å². The Kier molecular flexibility index (Phi) is 5.29. The maximum Gasteiger partial charge on any atom is 0.243 e. The minimum Gasteiger partial charge on any atom is -0.468 e. The van der Waals surface area contributed by atoms with Crippen molar-refractivity contribution in [3.05, 3.63) is 72.1 Å². The van der Waals surface area contributed by atoms with Crippen molar-refractivity contribution in [3.8, 4) is 0 Å². The van der Waals surface area contributed by atoms with Crippen LogP contribution in [0.5, 0.6) is 0 Å². The largest absolute Gasteiger partial charge is 0.468 e. The fourth-order valence-electron chi connectivity index (χ4n) is 3.59. The predicted octanol–water partition coefficient (Wildman–Crippen LogP) is 3.56. The van der Waals surface area contributed by atoms with Crippen LogP contribution in [0.4, 0.5) is 5.69 Å². The maximum absolute atomic E-state index is 13.4. The van der Waals surface area contributed by atoms with Crippen molar-refractivity contribution in [2.75, 3.05) is 11.4 Å². The number of sulfonamides is 1. The molecule has 152 valence electrons. The van der Waals surface area contributed by atoms with Gasteiger partial charge in [-0.15, -0.1) is 0 Å². The molecule has 1 amide bonds. The van der Waals surface area contributed by atoms with E-state index in [2.05, 4.69) is 0 Å². The van der Waals surface area contributed by atoms with E-state index in [9.17, 15) is 13.2 Å². The summed E-state index contributed by atoms with van der Waals surface area (Å²) in [4.78, 5) is 13.8. The molecule has 0 atom stereocenters. The second-order valence-corrected chi connectivity index (χ2v) is 8.93. The lowest BCUT2D eigenvalue weighted by atomic mass is 10.0. The van der Waals surface area contributed by atoms with E-state index in [0.717, 1.165) is 24.1 Å². The minimum atomic E-state index is -3.81. The van der Waals surface area contributed by atoms with E-state index in [0.29, 0.717) is 18.1 Å². The smallest absolute Gasteiger partial charge is 0.243 e. The molecule has 0 aliphatic carbocycles. The van der Waals surface area contributed by atoms with Gasteiger partial charge in [-0.3, -0.25) is 4.79 Å². The van der Waals surface area contributed by atoms with Crippen molar-refractivity contribution >= 4 is 21.6 Å². The van der Waals surface area contributed by atoms with Crippen LogP contribution in [0.3, 0.4) is 0 Å². The second-order valence-electron chi connectivity index (χ2n) is 7.00. The maximum atomic E-state index is 13.4. The monoisotopic (exact) mass is 414 g/mol. The van der Waals surface area contributed by atoms with Gasteiger partial charge < -0.3 is 13.7 Å². The molecule has 1 aliphatic rings. The van der Waals surface area contributed by atoms with Crippen LogP contribution in [0.25, 0.3) is 0 Å². The average Bonchev–Trinajstić information content (AvgIpc) is 3.40. The second kappa shape index (κ2) is 7.88. The summed E-state index contributed by atoms with van der Waals surface area (Å²) in [5, 5.41) is 0. The Balaban J connectivity index is 1.69. The molecule has 0 N–H and O–H groups in total. The molecule has 0 saturated carbocycles. The van der Waals surface area contributed by atoms with Crippen LogP contribution in [0, 0.1) is 0 Å². The molecule has 4 rings (SSSR count). The van der Waals surface area contributed by atoms with Crippen LogP contribution in [0.15, 0.2) is 68.7 Å². The summed E-state index contributed by atoms with van der Waals surface area (Å²) in [5.74, 6) is 1.04. The summed E-state index contributed by atoms with van der Waals surface area (Å²) in [6.07, 6.45) is 4.57. The van der Waals surface area contributed by atoms with Crippen molar-refractivity contribution in [3.63, 3.8) is 0 Å². The van der Waals surface area contributed by atoms with E-state index >= 15 is 0 Å². The Bertz CT molecular complexity index is 1050. The molecule has 0 radical (unpaired) electrons. The van der Waals surface area contributed by atoms with E-state index < -0.39 is 10.0 Å². The van der Waals surface area contributed by atoms with Gasteiger partial charge in [-0.05, 0) is 60.9 Å². The predicted molar refractivity (Wildman–Crippen MR) is 107 cm³/mol. The Labute approximate surface area is 169 Å². The van der Waals surface area contributed by atoms with Crippen molar-refractivity contribution < 1.29 is 22.0 Å². The Morgan fingerprint density at radius 1 is 1.07 bits per heavy atom. The lowest BCUT2D eigenvalue weighted by molar-refractivity contribution is -0.116. The van der Waals surface area contributed by atoms with E-state index in [1.54, 1.807) is 47.4 Å². The molecule has 1 aromatic carbocycles. The first-order valence-electron chi connectivity index (χ1n) is 9.41. The molecule has 0 unspecified atom stereocenters. The van der Waals surface area contributed by atoms with Gasteiger partial charge in [0.25, 0.3) is 0 Å². The molecule has 2 aromatic heterocycles. The number of nitrogens with zero attached hydrogens (tertiary/aromatic N) is 2. The van der Waals surface area contributed by atoms with Crippen LogP contribution in [0.1, 0.15) is 30.4 Å². The quantitative estimate of drug-likeness (QED) is 0.616. The summed E-state index contributed by atoms with van der Waals surface area (Å²) < 4.78 is 39.0. The zero-order valence-electron chi connectivity index (χ0n) is 16.1. The van der Waals surface area contributed by atoms with Gasteiger partial charge in [-0.1, -0.05) is 0 Å². The summed E-state index contributed by atoms with van der Waals surface area (Å²) in [6.45, 7) is 2.35. The molecule has 0 spiro atoms. The Morgan fingerprint density at radius 3 is 2.28 bits per heavy atom. The fourth-order valence-corrected chi connectivity index (χ4v) is 5.01. The van der Waals surface area contributed by atoms with Crippen LogP contribution in [-0.4, -0.2) is 25.2 Å². The van der Waals surface area contributed by atoms with Gasteiger partial charge in [0.15, 0.2) is 0 Å². The van der Waals surface area contributed by atoms with E-state index in [-0.39, 0.29) is 23.9 Å². The molecular formula is C21H22N2O5S. The topological polar surface area (TPSA) is 84.0 Å². The van der Waals surface area contributed by atoms with Gasteiger partial charge in [0, 0.05) is 19.2 Å². The van der Waals surface area contributed by atoms with Gasteiger partial charge in [0.05, 0.1) is 30.5 Å². The van der Waals surface area contributed by atoms with Gasteiger partial charge in [-0.2, -0.15) is 4.31 Å². The lowest BCUT2D eigenvalue weighted by Crippen LogP contribution is -2.34. The number of furan rings is 2. The molecule has 0 fully saturated rings. The first-order valence-corrected chi connectivity index (χ1v) is 10.8. The SMILES string of the molecule is CC(=O)N1CCCc2cc(S(=O)(=O)N(Cc3ccco3)Cc3ccco3)ccc21. The van der Waals surface area contributed by atoms with Crippen LogP contribution >= 0.6 is 0 Å². The van der Waals surface area contributed by atoms with Crippen LogP contribution in [0.2, 0.25) is 0 Å². The van der Waals surface area contributed by atoms with Gasteiger partial charge in [-0.25, -0.2) is 8.42 Å². The zero-order valence-corrected chi connectivity index (χ0v) is 16.9. The lowest BCUT2D eigenvalue weighted by Gasteiger charge is -2.29. The number of aryl methyl sites for hydroxylation is 1. The fraction of sp³-hybridized carbons (Fsp3) is 0.286. The molecule has 29 heavy (non-hydrogen) atoms. The summed E-state index contributed by atoms with van der Waals surface area (Å²) in [5.41, 5.74) is 1.65. The van der Waals surface area contributed by atoms with Crippen LogP contribution in [-0.2, 0) is 34.3 Å². The zero-order chi connectivity index (χ0) is 20.4. The highest BCUT2D eigenvalue weighted by Crippen LogP contribution is 2.31. The molecule has 3 aromatic rings. The Morgan fingerprint density at radius 2 is 1.72 bits per heavy atom. The number of amides is 1. The first kappa shape index (κ1) is 19.5. The van der Waals surface area contributed by atoms with E-state index in [4.69, 9.17) is 8.83 Å². The molecule has 8 heteroatoms. The summed E-state index contributed by atoms with van der Waals surface area (Å²) in [7, 11) is -3.81.